The molecule has 2 fully saturated rings. The lowest BCUT2D eigenvalue weighted by atomic mass is 10.0. The van der Waals surface area contributed by atoms with Crippen molar-refractivity contribution in [2.75, 3.05) is 19.8 Å². The molecule has 1 atom stereocenters. The minimum absolute atomic E-state index is 0.148. The summed E-state index contributed by atoms with van der Waals surface area (Å²) in [6.07, 6.45) is 0. The van der Waals surface area contributed by atoms with E-state index in [4.69, 9.17) is 9.47 Å². The van der Waals surface area contributed by atoms with Gasteiger partial charge in [0, 0.05) is 12.6 Å². The van der Waals surface area contributed by atoms with E-state index in [1.54, 1.807) is 0 Å². The molecule has 0 saturated carbocycles. The number of benzene rings is 1. The van der Waals surface area contributed by atoms with Crippen LogP contribution < -0.4 is 0 Å². The number of rotatable bonds is 3. The molecular formula is C15H21NO2. The zero-order valence-corrected chi connectivity index (χ0v) is 11.1. The molecule has 18 heavy (non-hydrogen) atoms. The fraction of sp³-hybridized carbons (Fsp3) is 0.600. The van der Waals surface area contributed by atoms with Crippen molar-refractivity contribution in [1.29, 1.82) is 0 Å². The van der Waals surface area contributed by atoms with E-state index >= 15 is 0 Å². The van der Waals surface area contributed by atoms with Gasteiger partial charge in [0.25, 0.3) is 0 Å². The summed E-state index contributed by atoms with van der Waals surface area (Å²) in [6.45, 7) is 7.74. The molecule has 2 aliphatic rings. The lowest BCUT2D eigenvalue weighted by Crippen LogP contribution is -2.61. The van der Waals surface area contributed by atoms with E-state index in [-0.39, 0.29) is 5.72 Å². The molecule has 98 valence electrons. The molecule has 0 aliphatic carbocycles. The van der Waals surface area contributed by atoms with Crippen LogP contribution in [-0.4, -0.2) is 36.5 Å². The van der Waals surface area contributed by atoms with Crippen molar-refractivity contribution in [2.24, 2.45) is 5.92 Å². The summed E-state index contributed by atoms with van der Waals surface area (Å²) in [4.78, 5) is 2.50. The quantitative estimate of drug-likeness (QED) is 0.818. The summed E-state index contributed by atoms with van der Waals surface area (Å²) in [7, 11) is 0. The first-order valence-electron chi connectivity index (χ1n) is 6.74. The molecule has 1 aromatic rings. The smallest absolute Gasteiger partial charge is 0.169 e. The molecule has 0 N–H and O–H groups in total. The molecule has 0 aromatic heterocycles. The van der Waals surface area contributed by atoms with Crippen molar-refractivity contribution < 1.29 is 9.47 Å². The van der Waals surface area contributed by atoms with Gasteiger partial charge in [-0.2, -0.15) is 0 Å². The highest BCUT2D eigenvalue weighted by Crippen LogP contribution is 2.37. The predicted octanol–water partition coefficient (Wildman–Crippen LogP) is 2.27. The summed E-state index contributed by atoms with van der Waals surface area (Å²) in [5.74, 6) is 0.605. The lowest BCUT2D eigenvalue weighted by Gasteiger charge is -2.45. The molecule has 3 rings (SSSR count). The summed E-state index contributed by atoms with van der Waals surface area (Å²) in [5.41, 5.74) is 1.20. The highest BCUT2D eigenvalue weighted by Gasteiger charge is 2.53. The Morgan fingerprint density at radius 1 is 1.28 bits per heavy atom. The monoisotopic (exact) mass is 247 g/mol. The van der Waals surface area contributed by atoms with E-state index in [0.717, 1.165) is 13.2 Å². The summed E-state index contributed by atoms with van der Waals surface area (Å²) in [5, 5.41) is 0. The summed E-state index contributed by atoms with van der Waals surface area (Å²) >= 11 is 0. The van der Waals surface area contributed by atoms with Crippen molar-refractivity contribution in [3.63, 3.8) is 0 Å². The minimum Gasteiger partial charge on any atom is -0.372 e. The summed E-state index contributed by atoms with van der Waals surface area (Å²) in [6, 6.07) is 11.1. The van der Waals surface area contributed by atoms with Gasteiger partial charge < -0.3 is 9.47 Å². The van der Waals surface area contributed by atoms with Crippen LogP contribution in [0.1, 0.15) is 19.4 Å². The van der Waals surface area contributed by atoms with Gasteiger partial charge in [0.05, 0.1) is 19.8 Å². The number of hydrogen-bond donors (Lipinski definition) is 0. The third-order valence-corrected chi connectivity index (χ3v) is 4.07. The third-order valence-electron chi connectivity index (χ3n) is 4.07. The molecule has 2 heterocycles. The molecule has 0 unspecified atom stereocenters. The van der Waals surface area contributed by atoms with Crippen molar-refractivity contribution in [1.82, 2.24) is 4.90 Å². The second-order valence-electron chi connectivity index (χ2n) is 5.67. The average molecular weight is 247 g/mol. The molecular weight excluding hydrogens is 226 g/mol. The van der Waals surface area contributed by atoms with E-state index in [0.29, 0.717) is 25.2 Å². The molecule has 3 nitrogen and oxygen atoms in total. The first-order valence-corrected chi connectivity index (χ1v) is 6.74. The Hall–Kier alpha value is -0.900. The maximum atomic E-state index is 6.04. The van der Waals surface area contributed by atoms with Crippen molar-refractivity contribution >= 4 is 0 Å². The molecule has 3 heteroatoms. The topological polar surface area (TPSA) is 21.7 Å². The van der Waals surface area contributed by atoms with Crippen molar-refractivity contribution in [3.05, 3.63) is 35.9 Å². The van der Waals surface area contributed by atoms with Gasteiger partial charge in [0.15, 0.2) is 5.72 Å². The van der Waals surface area contributed by atoms with Crippen LogP contribution in [0.5, 0.6) is 0 Å². The van der Waals surface area contributed by atoms with E-state index in [1.165, 1.54) is 5.56 Å². The van der Waals surface area contributed by atoms with E-state index in [2.05, 4.69) is 49.1 Å². The van der Waals surface area contributed by atoms with Crippen LogP contribution in [0.4, 0.5) is 0 Å². The van der Waals surface area contributed by atoms with Gasteiger partial charge in [0.1, 0.15) is 0 Å². The number of hydrogen-bond acceptors (Lipinski definition) is 3. The standard InChI is InChI=1S/C15H21NO2/c1-12(2)14-9-18-15(10-17-11-15)16(14)8-13-6-4-3-5-7-13/h3-7,12,14H,8-11H2,1-2H3/t14-/m0/s1. The van der Waals surface area contributed by atoms with Gasteiger partial charge in [-0.1, -0.05) is 44.2 Å². The highest BCUT2D eigenvalue weighted by atomic mass is 16.6. The Bertz CT molecular complexity index is 400. The molecule has 2 saturated heterocycles. The first kappa shape index (κ1) is 12.2. The van der Waals surface area contributed by atoms with E-state index in [1.807, 2.05) is 0 Å². The van der Waals surface area contributed by atoms with Crippen molar-refractivity contribution in [2.45, 2.75) is 32.2 Å². The second-order valence-corrected chi connectivity index (χ2v) is 5.67. The van der Waals surface area contributed by atoms with E-state index < -0.39 is 0 Å². The van der Waals surface area contributed by atoms with Crippen LogP contribution in [0.3, 0.4) is 0 Å². The van der Waals surface area contributed by atoms with E-state index in [9.17, 15) is 0 Å². The molecule has 1 spiro atoms. The Kier molecular flexibility index (Phi) is 3.14. The van der Waals surface area contributed by atoms with Crippen molar-refractivity contribution in [3.8, 4) is 0 Å². The fourth-order valence-electron chi connectivity index (χ4n) is 2.84. The maximum absolute atomic E-state index is 6.04. The fourth-order valence-corrected chi connectivity index (χ4v) is 2.84. The van der Waals surface area contributed by atoms with Crippen LogP contribution in [0.15, 0.2) is 30.3 Å². The van der Waals surface area contributed by atoms with Gasteiger partial charge in [-0.15, -0.1) is 0 Å². The van der Waals surface area contributed by atoms with Gasteiger partial charge in [-0.3, -0.25) is 4.90 Å². The van der Waals surface area contributed by atoms with Gasteiger partial charge in [0.2, 0.25) is 0 Å². The zero-order valence-electron chi connectivity index (χ0n) is 11.1. The predicted molar refractivity (Wildman–Crippen MR) is 70.1 cm³/mol. The molecule has 0 bridgehead atoms. The Balaban J connectivity index is 1.81. The summed E-state index contributed by atoms with van der Waals surface area (Å²) < 4.78 is 11.4. The first-order chi connectivity index (χ1) is 8.71. The van der Waals surface area contributed by atoms with Gasteiger partial charge >= 0.3 is 0 Å². The largest absolute Gasteiger partial charge is 0.372 e. The van der Waals surface area contributed by atoms with Crippen LogP contribution >= 0.6 is 0 Å². The lowest BCUT2D eigenvalue weighted by molar-refractivity contribution is -0.247. The molecule has 0 radical (unpaired) electrons. The molecule has 1 aromatic carbocycles. The Morgan fingerprint density at radius 3 is 2.56 bits per heavy atom. The molecule has 0 amide bonds. The van der Waals surface area contributed by atoms with Gasteiger partial charge in [-0.25, -0.2) is 0 Å². The number of ether oxygens (including phenoxy) is 2. The minimum atomic E-state index is -0.148. The van der Waals surface area contributed by atoms with Gasteiger partial charge in [-0.05, 0) is 11.5 Å². The average Bonchev–Trinajstić information content (AvgIpc) is 2.69. The normalized spacial score (nSPS) is 26.7. The van der Waals surface area contributed by atoms with Crippen LogP contribution in [0.2, 0.25) is 0 Å². The highest BCUT2D eigenvalue weighted by molar-refractivity contribution is 5.16. The Labute approximate surface area is 109 Å². The molecule has 2 aliphatic heterocycles. The SMILES string of the molecule is CC(C)[C@@H]1COC2(COC2)N1Cc1ccccc1. The zero-order chi connectivity index (χ0) is 12.6. The van der Waals surface area contributed by atoms with Crippen LogP contribution in [0.25, 0.3) is 0 Å². The Morgan fingerprint density at radius 2 is 2.00 bits per heavy atom. The number of nitrogens with zero attached hydrogens (tertiary/aromatic N) is 1. The third kappa shape index (κ3) is 1.96. The van der Waals surface area contributed by atoms with Crippen LogP contribution in [0, 0.1) is 5.92 Å². The maximum Gasteiger partial charge on any atom is 0.169 e. The van der Waals surface area contributed by atoms with Crippen LogP contribution in [-0.2, 0) is 16.0 Å². The second kappa shape index (κ2) is 4.65.